The Balaban J connectivity index is 2.30. The Hall–Kier alpha value is -0.120. The summed E-state index contributed by atoms with van der Waals surface area (Å²) in [5, 5.41) is 3.17. The molecular formula is C5H13N3. The molecule has 0 amide bonds. The van der Waals surface area contributed by atoms with E-state index in [1.165, 1.54) is 0 Å². The molecule has 3 heteroatoms. The molecule has 0 aliphatic carbocycles. The summed E-state index contributed by atoms with van der Waals surface area (Å²) in [6.45, 7) is 2.65. The molecule has 1 saturated heterocycles. The molecule has 48 valence electrons. The second kappa shape index (κ2) is 2.44. The van der Waals surface area contributed by atoms with Crippen LogP contribution in [0.3, 0.4) is 0 Å². The van der Waals surface area contributed by atoms with Crippen LogP contribution >= 0.6 is 0 Å². The minimum atomic E-state index is 0.292. The highest BCUT2D eigenvalue weighted by molar-refractivity contribution is 4.83. The lowest BCUT2D eigenvalue weighted by Gasteiger charge is -2.08. The maximum Gasteiger partial charge on any atom is 0.0218 e. The van der Waals surface area contributed by atoms with Crippen molar-refractivity contribution in [2.24, 2.45) is 17.4 Å². The van der Waals surface area contributed by atoms with E-state index in [-0.39, 0.29) is 0 Å². The molecule has 0 unspecified atom stereocenters. The summed E-state index contributed by atoms with van der Waals surface area (Å²) in [5.74, 6) is 0.509. The average molecular weight is 115 g/mol. The molecule has 2 atom stereocenters. The maximum atomic E-state index is 5.65. The number of nitrogens with one attached hydrogen (secondary N) is 1. The molecule has 0 bridgehead atoms. The predicted octanol–water partition coefficient (Wildman–Crippen LogP) is -1.51. The van der Waals surface area contributed by atoms with Gasteiger partial charge in [-0.2, -0.15) is 0 Å². The Morgan fingerprint density at radius 2 is 2.25 bits per heavy atom. The zero-order valence-electron chi connectivity index (χ0n) is 4.93. The fraction of sp³-hybridized carbons (Fsp3) is 1.00. The van der Waals surface area contributed by atoms with Crippen molar-refractivity contribution in [3.63, 3.8) is 0 Å². The van der Waals surface area contributed by atoms with Crippen LogP contribution in [0.15, 0.2) is 0 Å². The van der Waals surface area contributed by atoms with E-state index in [9.17, 15) is 0 Å². The first-order chi connectivity index (χ1) is 3.84. The number of hydrogen-bond acceptors (Lipinski definition) is 3. The Kier molecular flexibility index (Phi) is 1.83. The molecule has 1 heterocycles. The Bertz CT molecular complexity index is 74.1. The minimum absolute atomic E-state index is 0.292. The highest BCUT2D eigenvalue weighted by Crippen LogP contribution is 2.02. The fourth-order valence-electron chi connectivity index (χ4n) is 1.01. The van der Waals surface area contributed by atoms with Crippen LogP contribution in [0.25, 0.3) is 0 Å². The van der Waals surface area contributed by atoms with E-state index in [2.05, 4.69) is 5.32 Å². The first kappa shape index (κ1) is 6.01. The molecular weight excluding hydrogens is 102 g/mol. The van der Waals surface area contributed by atoms with Crippen LogP contribution in [0.1, 0.15) is 0 Å². The molecule has 0 spiro atoms. The summed E-state index contributed by atoms with van der Waals surface area (Å²) in [6.07, 6.45) is 0. The third kappa shape index (κ3) is 0.992. The molecule has 1 fully saturated rings. The van der Waals surface area contributed by atoms with Gasteiger partial charge in [0.1, 0.15) is 0 Å². The van der Waals surface area contributed by atoms with Crippen molar-refractivity contribution in [1.82, 2.24) is 5.32 Å². The molecule has 0 radical (unpaired) electrons. The van der Waals surface area contributed by atoms with Gasteiger partial charge in [-0.25, -0.2) is 0 Å². The number of rotatable bonds is 1. The first-order valence-electron chi connectivity index (χ1n) is 3.01. The van der Waals surface area contributed by atoms with Crippen LogP contribution in [0.5, 0.6) is 0 Å². The zero-order valence-corrected chi connectivity index (χ0v) is 4.93. The maximum absolute atomic E-state index is 5.65. The van der Waals surface area contributed by atoms with E-state index in [0.717, 1.165) is 13.1 Å². The van der Waals surface area contributed by atoms with Gasteiger partial charge in [-0.1, -0.05) is 0 Å². The van der Waals surface area contributed by atoms with Gasteiger partial charge in [0.25, 0.3) is 0 Å². The van der Waals surface area contributed by atoms with Crippen molar-refractivity contribution in [2.45, 2.75) is 6.04 Å². The highest BCUT2D eigenvalue weighted by Gasteiger charge is 2.20. The van der Waals surface area contributed by atoms with Gasteiger partial charge in [-0.15, -0.1) is 0 Å². The molecule has 1 aliphatic rings. The summed E-state index contributed by atoms with van der Waals surface area (Å²) < 4.78 is 0. The minimum Gasteiger partial charge on any atom is -0.330 e. The van der Waals surface area contributed by atoms with Crippen LogP contribution in [0, 0.1) is 5.92 Å². The third-order valence-electron chi connectivity index (χ3n) is 1.69. The Morgan fingerprint density at radius 1 is 1.50 bits per heavy atom. The molecule has 1 rings (SSSR count). The van der Waals surface area contributed by atoms with Crippen molar-refractivity contribution in [2.75, 3.05) is 19.6 Å². The smallest absolute Gasteiger partial charge is 0.0218 e. The van der Waals surface area contributed by atoms with Gasteiger partial charge in [0.05, 0.1) is 0 Å². The largest absolute Gasteiger partial charge is 0.330 e. The monoisotopic (exact) mass is 115 g/mol. The van der Waals surface area contributed by atoms with Crippen LogP contribution in [0.2, 0.25) is 0 Å². The zero-order chi connectivity index (χ0) is 5.98. The highest BCUT2D eigenvalue weighted by atomic mass is 15.0. The Labute approximate surface area is 49.4 Å². The number of hydrogen-bond donors (Lipinski definition) is 3. The predicted molar refractivity (Wildman–Crippen MR) is 33.4 cm³/mol. The van der Waals surface area contributed by atoms with Crippen LogP contribution in [-0.2, 0) is 0 Å². The normalized spacial score (nSPS) is 38.2. The molecule has 0 aromatic heterocycles. The van der Waals surface area contributed by atoms with Gasteiger partial charge in [0.15, 0.2) is 0 Å². The van der Waals surface area contributed by atoms with Crippen LogP contribution in [-0.4, -0.2) is 25.7 Å². The van der Waals surface area contributed by atoms with Crippen molar-refractivity contribution in [1.29, 1.82) is 0 Å². The second-order valence-electron chi connectivity index (χ2n) is 2.32. The van der Waals surface area contributed by atoms with Gasteiger partial charge in [0, 0.05) is 19.1 Å². The molecule has 5 N–H and O–H groups in total. The molecule has 0 aromatic carbocycles. The van der Waals surface area contributed by atoms with E-state index >= 15 is 0 Å². The van der Waals surface area contributed by atoms with Crippen molar-refractivity contribution in [3.05, 3.63) is 0 Å². The standard InChI is InChI=1S/C5H13N3/c6-1-4-2-8-3-5(4)7/h4-5,8H,1-3,6-7H2/t4-,5-/m1/s1. The molecule has 0 saturated carbocycles. The summed E-state index contributed by atoms with van der Waals surface area (Å²) in [6, 6.07) is 0.292. The summed E-state index contributed by atoms with van der Waals surface area (Å²) >= 11 is 0. The number of nitrogens with two attached hydrogens (primary N) is 2. The molecule has 3 nitrogen and oxygen atoms in total. The van der Waals surface area contributed by atoms with Gasteiger partial charge in [0.2, 0.25) is 0 Å². The van der Waals surface area contributed by atoms with Crippen LogP contribution < -0.4 is 16.8 Å². The third-order valence-corrected chi connectivity index (χ3v) is 1.69. The lowest BCUT2D eigenvalue weighted by atomic mass is 10.1. The van der Waals surface area contributed by atoms with E-state index in [0.29, 0.717) is 18.5 Å². The van der Waals surface area contributed by atoms with Gasteiger partial charge in [-0.3, -0.25) is 0 Å². The van der Waals surface area contributed by atoms with Crippen molar-refractivity contribution >= 4 is 0 Å². The first-order valence-corrected chi connectivity index (χ1v) is 3.01. The molecule has 8 heavy (non-hydrogen) atoms. The average Bonchev–Trinajstić information content (AvgIpc) is 2.14. The lowest BCUT2D eigenvalue weighted by Crippen LogP contribution is -2.33. The summed E-state index contributed by atoms with van der Waals surface area (Å²) in [4.78, 5) is 0. The lowest BCUT2D eigenvalue weighted by molar-refractivity contribution is 0.526. The van der Waals surface area contributed by atoms with Crippen molar-refractivity contribution in [3.8, 4) is 0 Å². The van der Waals surface area contributed by atoms with Crippen molar-refractivity contribution < 1.29 is 0 Å². The molecule has 0 aromatic rings. The van der Waals surface area contributed by atoms with Gasteiger partial charge < -0.3 is 16.8 Å². The van der Waals surface area contributed by atoms with E-state index in [1.54, 1.807) is 0 Å². The van der Waals surface area contributed by atoms with Gasteiger partial charge in [-0.05, 0) is 12.5 Å². The second-order valence-corrected chi connectivity index (χ2v) is 2.32. The Morgan fingerprint density at radius 3 is 2.50 bits per heavy atom. The quantitative estimate of drug-likeness (QED) is 0.389. The van der Waals surface area contributed by atoms with E-state index in [4.69, 9.17) is 11.5 Å². The van der Waals surface area contributed by atoms with Gasteiger partial charge >= 0.3 is 0 Å². The van der Waals surface area contributed by atoms with E-state index < -0.39 is 0 Å². The fourth-order valence-corrected chi connectivity index (χ4v) is 1.01. The van der Waals surface area contributed by atoms with Crippen LogP contribution in [0.4, 0.5) is 0 Å². The summed E-state index contributed by atoms with van der Waals surface area (Å²) in [5.41, 5.74) is 11.1. The van der Waals surface area contributed by atoms with E-state index in [1.807, 2.05) is 0 Å². The summed E-state index contributed by atoms with van der Waals surface area (Å²) in [7, 11) is 0. The topological polar surface area (TPSA) is 64.1 Å². The molecule has 1 aliphatic heterocycles. The SMILES string of the molecule is NC[C@@H]1CNC[C@H]1N.